The van der Waals surface area contributed by atoms with Crippen molar-refractivity contribution < 1.29 is 4.74 Å². The molecule has 1 saturated carbocycles. The van der Waals surface area contributed by atoms with Gasteiger partial charge < -0.3 is 21.2 Å². The molecule has 0 atom stereocenters. The standard InChI is InChI=1S/C24H35ClN8O/c1-16-22(34-19-6-4-3-5-7-19)13-12-20(30-16)24(27)21(32(2)28)15-33(29)31-23(26)14-17-8-10-18(25)11-9-17/h8-13,19H,3-7,14-15,27-29H2,1-2H3,(H2,26,31)/b24-21-. The van der Waals surface area contributed by atoms with Gasteiger partial charge in [0.2, 0.25) is 0 Å². The largest absolute Gasteiger partial charge is 0.489 e. The number of hydrazone groups is 1. The first-order valence-corrected chi connectivity index (χ1v) is 11.8. The molecule has 2 aromatic rings. The highest BCUT2D eigenvalue weighted by Gasteiger charge is 2.18. The molecule has 184 valence electrons. The van der Waals surface area contributed by atoms with Crippen molar-refractivity contribution in [1.82, 2.24) is 15.1 Å². The van der Waals surface area contributed by atoms with Crippen LogP contribution in [0.2, 0.25) is 5.02 Å². The lowest BCUT2D eigenvalue weighted by atomic mass is 9.98. The molecule has 0 unspecified atom stereocenters. The molecule has 0 amide bonds. The first-order chi connectivity index (χ1) is 16.2. The minimum absolute atomic E-state index is 0.140. The van der Waals surface area contributed by atoms with Crippen molar-refractivity contribution in [2.75, 3.05) is 13.6 Å². The molecule has 1 heterocycles. The predicted octanol–water partition coefficient (Wildman–Crippen LogP) is 2.88. The SMILES string of the molecule is Cc1nc(/C(N)=C(\CN(N)/N=C(\N)Cc2ccc(Cl)cc2)N(C)N)ccc1OC1CCCCC1. The fourth-order valence-electron chi connectivity index (χ4n) is 3.92. The minimum Gasteiger partial charge on any atom is -0.489 e. The summed E-state index contributed by atoms with van der Waals surface area (Å²) in [6.07, 6.45) is 6.54. The van der Waals surface area contributed by atoms with E-state index in [1.54, 1.807) is 19.2 Å². The van der Waals surface area contributed by atoms with E-state index >= 15 is 0 Å². The van der Waals surface area contributed by atoms with Crippen LogP contribution in [0.5, 0.6) is 5.75 Å². The Balaban J connectivity index is 1.71. The topological polar surface area (TPSA) is 145 Å². The predicted molar refractivity (Wildman–Crippen MR) is 137 cm³/mol. The molecule has 1 aromatic carbocycles. The number of halogens is 1. The van der Waals surface area contributed by atoms with Gasteiger partial charge in [-0.3, -0.25) is 0 Å². The van der Waals surface area contributed by atoms with Gasteiger partial charge in [-0.25, -0.2) is 21.8 Å². The number of amidine groups is 1. The molecule has 34 heavy (non-hydrogen) atoms. The van der Waals surface area contributed by atoms with Crippen LogP contribution in [0.3, 0.4) is 0 Å². The van der Waals surface area contributed by atoms with Crippen LogP contribution in [0.15, 0.2) is 47.2 Å². The Kier molecular flexibility index (Phi) is 8.98. The quantitative estimate of drug-likeness (QED) is 0.183. The van der Waals surface area contributed by atoms with Crippen molar-refractivity contribution in [3.63, 3.8) is 0 Å². The number of rotatable bonds is 9. The summed E-state index contributed by atoms with van der Waals surface area (Å²) in [7, 11) is 1.68. The number of ether oxygens (including phenoxy) is 1. The molecular formula is C24H35ClN8O. The summed E-state index contributed by atoms with van der Waals surface area (Å²) in [6.45, 7) is 2.05. The number of hydrogen-bond donors (Lipinski definition) is 4. The molecule has 1 aliphatic rings. The Morgan fingerprint density at radius 2 is 1.76 bits per heavy atom. The third-order valence-electron chi connectivity index (χ3n) is 5.76. The van der Waals surface area contributed by atoms with Crippen molar-refractivity contribution >= 4 is 23.1 Å². The number of nitrogens with two attached hydrogens (primary N) is 4. The van der Waals surface area contributed by atoms with E-state index in [0.717, 1.165) is 29.8 Å². The highest BCUT2D eigenvalue weighted by atomic mass is 35.5. The molecule has 0 radical (unpaired) electrons. The van der Waals surface area contributed by atoms with Gasteiger partial charge in [-0.15, -0.1) is 5.10 Å². The van der Waals surface area contributed by atoms with Gasteiger partial charge in [0, 0.05) is 18.5 Å². The van der Waals surface area contributed by atoms with E-state index in [0.29, 0.717) is 34.4 Å². The highest BCUT2D eigenvalue weighted by Crippen LogP contribution is 2.26. The van der Waals surface area contributed by atoms with Gasteiger partial charge in [0.15, 0.2) is 0 Å². The molecule has 0 aliphatic heterocycles. The van der Waals surface area contributed by atoms with Crippen LogP contribution < -0.4 is 27.9 Å². The summed E-state index contributed by atoms with van der Waals surface area (Å²) >= 11 is 5.93. The summed E-state index contributed by atoms with van der Waals surface area (Å²) in [5.74, 6) is 13.3. The lowest BCUT2D eigenvalue weighted by Gasteiger charge is -2.25. The Labute approximate surface area is 206 Å². The van der Waals surface area contributed by atoms with Crippen LogP contribution in [0.1, 0.15) is 49.1 Å². The van der Waals surface area contributed by atoms with Crippen LogP contribution in [0.25, 0.3) is 5.70 Å². The van der Waals surface area contributed by atoms with Crippen LogP contribution in [0, 0.1) is 6.92 Å². The normalized spacial score (nSPS) is 15.6. The highest BCUT2D eigenvalue weighted by molar-refractivity contribution is 6.30. The van der Waals surface area contributed by atoms with Gasteiger partial charge in [-0.2, -0.15) is 0 Å². The average molecular weight is 487 g/mol. The monoisotopic (exact) mass is 486 g/mol. The van der Waals surface area contributed by atoms with E-state index in [-0.39, 0.29) is 12.6 Å². The molecule has 10 heteroatoms. The summed E-state index contributed by atoms with van der Waals surface area (Å²) in [6, 6.07) is 11.1. The Hall–Kier alpha value is -3.01. The van der Waals surface area contributed by atoms with Crippen LogP contribution in [0.4, 0.5) is 0 Å². The van der Waals surface area contributed by atoms with E-state index in [1.807, 2.05) is 31.2 Å². The molecule has 0 bridgehead atoms. The van der Waals surface area contributed by atoms with Crippen molar-refractivity contribution in [3.8, 4) is 5.75 Å². The molecule has 8 N–H and O–H groups in total. The van der Waals surface area contributed by atoms with Gasteiger partial charge >= 0.3 is 0 Å². The van der Waals surface area contributed by atoms with Crippen LogP contribution in [-0.2, 0) is 6.42 Å². The van der Waals surface area contributed by atoms with E-state index in [1.165, 1.54) is 29.4 Å². The van der Waals surface area contributed by atoms with Gasteiger partial charge in [0.05, 0.1) is 35.4 Å². The Bertz CT molecular complexity index is 1020. The first kappa shape index (κ1) is 25.6. The van der Waals surface area contributed by atoms with Gasteiger partial charge in [0.1, 0.15) is 11.6 Å². The molecule has 1 aliphatic carbocycles. The zero-order chi connectivity index (χ0) is 24.7. The summed E-state index contributed by atoms with van der Waals surface area (Å²) in [5.41, 5.74) is 15.8. The zero-order valence-corrected chi connectivity index (χ0v) is 20.6. The molecule has 9 nitrogen and oxygen atoms in total. The number of hydrazine groups is 2. The first-order valence-electron chi connectivity index (χ1n) is 11.4. The lowest BCUT2D eigenvalue weighted by Crippen LogP contribution is -2.38. The van der Waals surface area contributed by atoms with E-state index in [4.69, 9.17) is 39.5 Å². The molecule has 1 fully saturated rings. The fraction of sp³-hybridized carbons (Fsp3) is 0.417. The van der Waals surface area contributed by atoms with Gasteiger partial charge in [-0.05, 0) is 62.4 Å². The lowest BCUT2D eigenvalue weighted by molar-refractivity contribution is 0.153. The smallest absolute Gasteiger partial charge is 0.140 e. The third-order valence-corrected chi connectivity index (χ3v) is 6.01. The maximum absolute atomic E-state index is 6.44. The number of aromatic nitrogens is 1. The maximum Gasteiger partial charge on any atom is 0.140 e. The van der Waals surface area contributed by atoms with Crippen molar-refractivity contribution in [3.05, 3.63) is 64.1 Å². The molecule has 0 spiro atoms. The summed E-state index contributed by atoms with van der Waals surface area (Å²) in [4.78, 5) is 4.65. The second-order valence-electron chi connectivity index (χ2n) is 8.62. The van der Waals surface area contributed by atoms with Crippen molar-refractivity contribution in [2.45, 2.75) is 51.6 Å². The third kappa shape index (κ3) is 7.24. The fourth-order valence-corrected chi connectivity index (χ4v) is 4.05. The number of benzene rings is 1. The molecular weight excluding hydrogens is 452 g/mol. The van der Waals surface area contributed by atoms with Gasteiger partial charge in [0.25, 0.3) is 0 Å². The summed E-state index contributed by atoms with van der Waals surface area (Å²) < 4.78 is 6.17. The van der Waals surface area contributed by atoms with Crippen LogP contribution in [-0.4, -0.2) is 40.6 Å². The van der Waals surface area contributed by atoms with E-state index < -0.39 is 0 Å². The number of hydrogen-bond acceptors (Lipinski definition) is 8. The molecule has 0 saturated heterocycles. The summed E-state index contributed by atoms with van der Waals surface area (Å²) in [5, 5.41) is 7.53. The number of aryl methyl sites for hydroxylation is 1. The van der Waals surface area contributed by atoms with E-state index in [9.17, 15) is 0 Å². The van der Waals surface area contributed by atoms with Crippen LogP contribution >= 0.6 is 11.6 Å². The minimum atomic E-state index is 0.140. The Morgan fingerprint density at radius 1 is 1.09 bits per heavy atom. The zero-order valence-electron chi connectivity index (χ0n) is 19.9. The molecule has 3 rings (SSSR count). The van der Waals surface area contributed by atoms with Crippen molar-refractivity contribution in [1.29, 1.82) is 0 Å². The maximum atomic E-state index is 6.44. The van der Waals surface area contributed by atoms with E-state index in [2.05, 4.69) is 10.1 Å². The number of pyridine rings is 1. The van der Waals surface area contributed by atoms with Crippen molar-refractivity contribution in [2.24, 2.45) is 28.3 Å². The van der Waals surface area contributed by atoms with Gasteiger partial charge in [-0.1, -0.05) is 30.2 Å². The average Bonchev–Trinajstić information content (AvgIpc) is 2.80. The second kappa shape index (κ2) is 11.9. The molecule has 1 aromatic heterocycles. The second-order valence-corrected chi connectivity index (χ2v) is 9.06. The number of likely N-dealkylation sites (N-methyl/N-ethyl adjacent to an activating group) is 1. The Morgan fingerprint density at radius 3 is 2.38 bits per heavy atom. The number of nitrogens with zero attached hydrogens (tertiary/aromatic N) is 4.